The van der Waals surface area contributed by atoms with Crippen LogP contribution in [-0.4, -0.2) is 110 Å². The van der Waals surface area contributed by atoms with Crippen molar-refractivity contribution < 1.29 is 66.9 Å². The maximum atomic E-state index is 12.6. The Kier molecular flexibility index (Phi) is 12.6. The summed E-state index contributed by atoms with van der Waals surface area (Å²) in [5.74, 6) is 0.276. The molecule has 14 heteroatoms. The quantitative estimate of drug-likeness (QED) is 0.152. The van der Waals surface area contributed by atoms with Crippen molar-refractivity contribution in [2.75, 3.05) is 19.8 Å². The molecular formula is C54H78O14. The molecule has 0 unspecified atom stereocenters. The van der Waals surface area contributed by atoms with E-state index in [1.807, 2.05) is 30.3 Å². The van der Waals surface area contributed by atoms with E-state index in [1.54, 1.807) is 0 Å². The first-order valence-electron chi connectivity index (χ1n) is 25.8. The van der Waals surface area contributed by atoms with Gasteiger partial charge in [-0.05, 0) is 120 Å². The number of rotatable bonds is 8. The third-order valence-electron chi connectivity index (χ3n) is 20.3. The molecule has 0 radical (unpaired) electrons. The van der Waals surface area contributed by atoms with E-state index in [9.17, 15) is 19.5 Å². The molecule has 4 heterocycles. The minimum absolute atomic E-state index is 0.105. The largest absolute Gasteiger partial charge is 0.456 e. The van der Waals surface area contributed by atoms with Crippen LogP contribution in [0, 0.1) is 56.2 Å². The van der Waals surface area contributed by atoms with Crippen molar-refractivity contribution in [1.29, 1.82) is 0 Å². The number of hydrogen-bond donors (Lipinski definition) is 1. The average Bonchev–Trinajstić information content (AvgIpc) is 3.62. The molecule has 0 aromatic heterocycles. The van der Waals surface area contributed by atoms with E-state index in [1.165, 1.54) is 65.7 Å². The van der Waals surface area contributed by atoms with Crippen LogP contribution in [0.25, 0.3) is 0 Å². The Morgan fingerprint density at radius 1 is 0.647 bits per heavy atom. The summed E-state index contributed by atoms with van der Waals surface area (Å²) in [6.45, 7) is 22.1. The number of aliphatic hydroxyl groups is 1. The number of ether oxygens (including phenoxy) is 10. The third kappa shape index (κ3) is 7.82. The second-order valence-electron chi connectivity index (χ2n) is 24.6. The highest BCUT2D eigenvalue weighted by molar-refractivity contribution is 5.68. The standard InChI is InChI=1S/C54H78O14/c1-29(55)62-34-26-60-48(44(64-31(3)57)42(34)63-30(2)56)68-43-40(58)47(65-35-27-59-46(67-41(35)43)32-14-12-11-13-15-32)66-38-19-20-51(8)36(50(38,6)7)18-21-53(10)37(51)17-16-33-39-45-49(4,5)22-24-54(39,28-61-45)25-23-52(33,53)9/h11-15,33-48,58H,16-28H2,1-10H3/t33-,34-,35-,36+,37-,38+,39+,40-,41-,42+,43-,44-,45-,46-,47+,48+,51+,52-,53-,54-/m1/s1. The smallest absolute Gasteiger partial charge is 0.303 e. The first-order valence-corrected chi connectivity index (χ1v) is 25.8. The Bertz CT molecular complexity index is 2060. The highest BCUT2D eigenvalue weighted by Gasteiger charge is 2.73. The SMILES string of the molecule is CC(=O)O[C@@H]1[C@@H](OC(C)=O)[C@H](O[C@@H]2[C@@H](O)[C@H](O[C@H]3CC[C@]4(C)[C@H]5CC[C@@H]6[C@H]7[C@H]8OC[C@@]7(CCC8(C)C)CC[C@@]6(C)[C@]5(C)CC[C@H]4C3(C)C)O[C@@H]3CO[C@@H](c4ccccc4)O[C@@H]23)OC[C@H]1OC(C)=O. The number of esters is 3. The van der Waals surface area contributed by atoms with E-state index in [0.29, 0.717) is 35.2 Å². The zero-order valence-corrected chi connectivity index (χ0v) is 42.1. The van der Waals surface area contributed by atoms with E-state index >= 15 is 0 Å². The molecule has 5 saturated carbocycles. The van der Waals surface area contributed by atoms with Gasteiger partial charge in [0.05, 0.1) is 32.0 Å². The predicted molar refractivity (Wildman–Crippen MR) is 245 cm³/mol. The van der Waals surface area contributed by atoms with E-state index in [4.69, 9.17) is 47.4 Å². The van der Waals surface area contributed by atoms with Crippen LogP contribution in [0.1, 0.15) is 145 Å². The zero-order valence-electron chi connectivity index (χ0n) is 42.1. The van der Waals surface area contributed by atoms with Crippen molar-refractivity contribution in [3.63, 3.8) is 0 Å². The lowest BCUT2D eigenvalue weighted by Gasteiger charge is -2.73. The molecule has 10 rings (SSSR count). The van der Waals surface area contributed by atoms with Gasteiger partial charge >= 0.3 is 17.9 Å². The normalized spacial score (nSPS) is 48.8. The Morgan fingerprint density at radius 2 is 1.35 bits per heavy atom. The fraction of sp³-hybridized carbons (Fsp3) is 0.833. The highest BCUT2D eigenvalue weighted by atomic mass is 16.8. The van der Waals surface area contributed by atoms with Crippen LogP contribution in [0.5, 0.6) is 0 Å². The fourth-order valence-corrected chi connectivity index (χ4v) is 16.9. The second kappa shape index (κ2) is 17.5. The minimum atomic E-state index is -1.40. The molecule has 4 saturated heterocycles. The Labute approximate surface area is 402 Å². The van der Waals surface area contributed by atoms with E-state index in [-0.39, 0.29) is 46.4 Å². The number of benzene rings is 1. The van der Waals surface area contributed by atoms with Gasteiger partial charge in [0.2, 0.25) is 0 Å². The van der Waals surface area contributed by atoms with Crippen molar-refractivity contribution in [2.24, 2.45) is 56.2 Å². The Morgan fingerprint density at radius 3 is 2.07 bits per heavy atom. The topological polar surface area (TPSA) is 164 Å². The molecule has 20 atom stereocenters. The third-order valence-corrected chi connectivity index (χ3v) is 20.3. The van der Waals surface area contributed by atoms with Gasteiger partial charge in [-0.15, -0.1) is 0 Å². The van der Waals surface area contributed by atoms with Crippen LogP contribution >= 0.6 is 0 Å². The molecule has 378 valence electrons. The first-order chi connectivity index (χ1) is 32.1. The minimum Gasteiger partial charge on any atom is -0.456 e. The molecule has 1 N–H and O–H groups in total. The summed E-state index contributed by atoms with van der Waals surface area (Å²) >= 11 is 0. The molecule has 5 aliphatic carbocycles. The van der Waals surface area contributed by atoms with Gasteiger partial charge in [0.25, 0.3) is 0 Å². The van der Waals surface area contributed by atoms with Gasteiger partial charge in [0.1, 0.15) is 24.4 Å². The summed E-state index contributed by atoms with van der Waals surface area (Å²) in [4.78, 5) is 37.2. The first kappa shape index (κ1) is 48.9. The van der Waals surface area contributed by atoms with Crippen LogP contribution < -0.4 is 0 Å². The number of aliphatic hydroxyl groups excluding tert-OH is 1. The van der Waals surface area contributed by atoms with Crippen molar-refractivity contribution >= 4 is 17.9 Å². The summed E-state index contributed by atoms with van der Waals surface area (Å²) in [5.41, 5.74) is 1.65. The van der Waals surface area contributed by atoms with Gasteiger partial charge in [-0.1, -0.05) is 78.8 Å². The molecule has 1 aromatic carbocycles. The van der Waals surface area contributed by atoms with Gasteiger partial charge < -0.3 is 52.5 Å². The maximum absolute atomic E-state index is 12.6. The maximum Gasteiger partial charge on any atom is 0.303 e. The van der Waals surface area contributed by atoms with Gasteiger partial charge in [0, 0.05) is 26.3 Å². The van der Waals surface area contributed by atoms with Crippen molar-refractivity contribution in [3.05, 3.63) is 35.9 Å². The van der Waals surface area contributed by atoms with Gasteiger partial charge in [-0.25, -0.2) is 0 Å². The molecule has 14 nitrogen and oxygen atoms in total. The summed E-state index contributed by atoms with van der Waals surface area (Å²) in [6, 6.07) is 9.47. The average molecular weight is 951 g/mol. The van der Waals surface area contributed by atoms with Crippen molar-refractivity contribution in [1.82, 2.24) is 0 Å². The molecule has 9 aliphatic rings. The van der Waals surface area contributed by atoms with Crippen LogP contribution in [0.4, 0.5) is 0 Å². The Hall–Kier alpha value is -2.69. The molecule has 2 bridgehead atoms. The monoisotopic (exact) mass is 951 g/mol. The lowest BCUT2D eigenvalue weighted by molar-refractivity contribution is -0.396. The van der Waals surface area contributed by atoms with Crippen LogP contribution in [0.2, 0.25) is 0 Å². The summed E-state index contributed by atoms with van der Waals surface area (Å²) < 4.78 is 63.1. The predicted octanol–water partition coefficient (Wildman–Crippen LogP) is 8.00. The lowest BCUT2D eigenvalue weighted by atomic mass is 9.31. The van der Waals surface area contributed by atoms with Crippen LogP contribution in [0.3, 0.4) is 0 Å². The van der Waals surface area contributed by atoms with Crippen molar-refractivity contribution in [3.8, 4) is 0 Å². The highest BCUT2D eigenvalue weighted by Crippen LogP contribution is 2.78. The van der Waals surface area contributed by atoms with E-state index in [0.717, 1.165) is 31.4 Å². The molecule has 9 fully saturated rings. The molecule has 0 amide bonds. The molecule has 1 aromatic rings. The Balaban J connectivity index is 0.901. The number of carbonyl (C=O) groups is 3. The number of fused-ring (bicyclic) bond motifs is 6. The van der Waals surface area contributed by atoms with Crippen LogP contribution in [-0.2, 0) is 61.8 Å². The molecule has 68 heavy (non-hydrogen) atoms. The lowest BCUT2D eigenvalue weighted by Crippen LogP contribution is -2.68. The molecule has 4 aliphatic heterocycles. The summed E-state index contributed by atoms with van der Waals surface area (Å²) in [5, 5.41) is 12.5. The fourth-order valence-electron chi connectivity index (χ4n) is 16.9. The van der Waals surface area contributed by atoms with E-state index < -0.39 is 79.5 Å². The summed E-state index contributed by atoms with van der Waals surface area (Å²) in [7, 11) is 0. The zero-order chi connectivity index (χ0) is 48.3. The van der Waals surface area contributed by atoms with Gasteiger partial charge in [-0.3, -0.25) is 14.4 Å². The number of carbonyl (C=O) groups excluding carboxylic acids is 3. The van der Waals surface area contributed by atoms with Crippen molar-refractivity contribution in [2.45, 2.75) is 207 Å². The van der Waals surface area contributed by atoms with E-state index in [2.05, 4.69) is 48.5 Å². The molecular weight excluding hydrogens is 873 g/mol. The molecule has 0 spiro atoms. The van der Waals surface area contributed by atoms with Gasteiger partial charge in [0.15, 0.2) is 37.2 Å². The summed E-state index contributed by atoms with van der Waals surface area (Å²) in [6.07, 6.45) is 0.685. The number of hydrogen-bond acceptors (Lipinski definition) is 14. The van der Waals surface area contributed by atoms with Crippen LogP contribution in [0.15, 0.2) is 30.3 Å². The second-order valence-corrected chi connectivity index (χ2v) is 24.6. The van der Waals surface area contributed by atoms with Gasteiger partial charge in [-0.2, -0.15) is 0 Å².